The maximum Gasteiger partial charge on any atom is 0.0224 e. The van der Waals surface area contributed by atoms with Crippen molar-refractivity contribution in [3.63, 3.8) is 0 Å². The molecule has 1 aliphatic rings. The first kappa shape index (κ1) is 11.3. The first-order chi connectivity index (χ1) is 6.24. The fourth-order valence-electron chi connectivity index (χ4n) is 1.82. The lowest BCUT2D eigenvalue weighted by atomic mass is 10.1. The van der Waals surface area contributed by atoms with Gasteiger partial charge in [0.15, 0.2) is 0 Å². The number of halogens is 1. The molecule has 0 aromatic carbocycles. The highest BCUT2D eigenvalue weighted by Crippen LogP contribution is 2.09. The second kappa shape index (κ2) is 5.84. The van der Waals surface area contributed by atoms with E-state index < -0.39 is 0 Å². The zero-order chi connectivity index (χ0) is 9.68. The Balaban J connectivity index is 2.19. The molecule has 0 aromatic heterocycles. The maximum atomic E-state index is 5.68. The van der Waals surface area contributed by atoms with Crippen LogP contribution in [-0.2, 0) is 0 Å². The van der Waals surface area contributed by atoms with E-state index in [1.807, 2.05) is 0 Å². The van der Waals surface area contributed by atoms with E-state index in [2.05, 4.69) is 23.8 Å². The highest BCUT2D eigenvalue weighted by atomic mass is 35.5. The third kappa shape index (κ3) is 3.84. The first-order valence-electron chi connectivity index (χ1n) is 5.22. The minimum atomic E-state index is 0.715. The fraction of sp³-hybridized carbons (Fsp3) is 1.00. The van der Waals surface area contributed by atoms with Gasteiger partial charge >= 0.3 is 0 Å². The molecule has 1 fully saturated rings. The monoisotopic (exact) mass is 204 g/mol. The topological polar surface area (TPSA) is 6.48 Å². The third-order valence-corrected chi connectivity index (χ3v) is 3.18. The van der Waals surface area contributed by atoms with Crippen LogP contribution in [0, 0.1) is 0 Å². The maximum absolute atomic E-state index is 5.68. The molecule has 0 aromatic rings. The Bertz CT molecular complexity index is 133. The average molecular weight is 205 g/mol. The first-order valence-corrected chi connectivity index (χ1v) is 5.76. The number of hydrogen-bond donors (Lipinski definition) is 0. The molecule has 0 aliphatic carbocycles. The molecule has 1 rings (SSSR count). The van der Waals surface area contributed by atoms with Crippen molar-refractivity contribution < 1.29 is 0 Å². The molecule has 0 saturated carbocycles. The van der Waals surface area contributed by atoms with Crippen LogP contribution in [-0.4, -0.2) is 54.9 Å². The highest BCUT2D eigenvalue weighted by Gasteiger charge is 2.18. The lowest BCUT2D eigenvalue weighted by Crippen LogP contribution is -2.48. The quantitative estimate of drug-likeness (QED) is 0.643. The van der Waals surface area contributed by atoms with Gasteiger partial charge in [0.1, 0.15) is 0 Å². The van der Waals surface area contributed by atoms with Crippen LogP contribution in [0.25, 0.3) is 0 Å². The molecular weight excluding hydrogens is 184 g/mol. The average Bonchev–Trinajstić information content (AvgIpc) is 2.15. The van der Waals surface area contributed by atoms with Gasteiger partial charge in [-0.1, -0.05) is 0 Å². The van der Waals surface area contributed by atoms with Crippen molar-refractivity contribution in [3.05, 3.63) is 0 Å². The van der Waals surface area contributed by atoms with Gasteiger partial charge in [0.2, 0.25) is 0 Å². The molecule has 13 heavy (non-hydrogen) atoms. The van der Waals surface area contributed by atoms with Gasteiger partial charge in [0, 0.05) is 38.1 Å². The van der Waals surface area contributed by atoms with Crippen LogP contribution in [0.15, 0.2) is 0 Å². The molecule has 0 amide bonds. The van der Waals surface area contributed by atoms with Crippen LogP contribution in [0.5, 0.6) is 0 Å². The van der Waals surface area contributed by atoms with E-state index in [0.717, 1.165) is 12.3 Å². The van der Waals surface area contributed by atoms with E-state index in [-0.39, 0.29) is 0 Å². The normalized spacial score (nSPS) is 23.3. The van der Waals surface area contributed by atoms with Gasteiger partial charge in [0.25, 0.3) is 0 Å². The summed E-state index contributed by atoms with van der Waals surface area (Å²) in [5, 5.41) is 0. The van der Waals surface area contributed by atoms with Gasteiger partial charge in [-0.05, 0) is 26.8 Å². The Labute approximate surface area is 86.8 Å². The molecule has 0 bridgehead atoms. The Morgan fingerprint density at radius 3 is 2.38 bits per heavy atom. The minimum Gasteiger partial charge on any atom is -0.304 e. The molecular formula is C10H21ClN2. The molecule has 1 atom stereocenters. The van der Waals surface area contributed by atoms with Gasteiger partial charge in [-0.25, -0.2) is 0 Å². The molecule has 3 heteroatoms. The zero-order valence-corrected chi connectivity index (χ0v) is 9.56. The van der Waals surface area contributed by atoms with Gasteiger partial charge in [-0.2, -0.15) is 0 Å². The summed E-state index contributed by atoms with van der Waals surface area (Å²) in [5.74, 6) is 0.804. The molecule has 78 valence electrons. The van der Waals surface area contributed by atoms with Crippen LogP contribution in [0.2, 0.25) is 0 Å². The van der Waals surface area contributed by atoms with Crippen molar-refractivity contribution >= 4 is 11.6 Å². The van der Waals surface area contributed by atoms with Gasteiger partial charge in [-0.15, -0.1) is 11.6 Å². The van der Waals surface area contributed by atoms with Crippen molar-refractivity contribution in [2.24, 2.45) is 0 Å². The van der Waals surface area contributed by atoms with Crippen molar-refractivity contribution in [2.45, 2.75) is 25.8 Å². The Morgan fingerprint density at radius 2 is 1.85 bits per heavy atom. The lowest BCUT2D eigenvalue weighted by molar-refractivity contribution is 0.114. The molecule has 0 unspecified atom stereocenters. The predicted octanol–water partition coefficient (Wildman–Crippen LogP) is 1.64. The molecule has 2 nitrogen and oxygen atoms in total. The number of likely N-dealkylation sites (N-methyl/N-ethyl adjacent to an activating group) is 1. The SMILES string of the molecule is C[C@@H](CCCCl)N1CCN(C)CC1. The number of piperazine rings is 1. The summed E-state index contributed by atoms with van der Waals surface area (Å²) in [7, 11) is 2.20. The highest BCUT2D eigenvalue weighted by molar-refractivity contribution is 6.17. The largest absolute Gasteiger partial charge is 0.304 e. The Morgan fingerprint density at radius 1 is 1.23 bits per heavy atom. The summed E-state index contributed by atoms with van der Waals surface area (Å²) in [4.78, 5) is 4.97. The zero-order valence-electron chi connectivity index (χ0n) is 8.80. The van der Waals surface area contributed by atoms with Gasteiger partial charge < -0.3 is 4.90 Å². The standard InChI is InChI=1S/C10H21ClN2/c1-10(4-3-5-11)13-8-6-12(2)7-9-13/h10H,3-9H2,1-2H3/t10-/m0/s1. The second-order valence-corrected chi connectivity index (χ2v) is 4.40. The number of hydrogen-bond acceptors (Lipinski definition) is 2. The summed E-state index contributed by atoms with van der Waals surface area (Å²) in [5.41, 5.74) is 0. The molecule has 0 spiro atoms. The van der Waals surface area contributed by atoms with E-state index in [4.69, 9.17) is 11.6 Å². The smallest absolute Gasteiger partial charge is 0.0224 e. The Kier molecular flexibility index (Phi) is 5.07. The number of alkyl halides is 1. The summed E-state index contributed by atoms with van der Waals surface area (Å²) in [6.45, 7) is 7.19. The van der Waals surface area contributed by atoms with Crippen molar-refractivity contribution in [2.75, 3.05) is 39.1 Å². The number of rotatable bonds is 4. The Hall–Kier alpha value is 0.210. The van der Waals surface area contributed by atoms with Crippen LogP contribution < -0.4 is 0 Å². The number of nitrogens with zero attached hydrogens (tertiary/aromatic N) is 2. The predicted molar refractivity (Wildman–Crippen MR) is 58.5 cm³/mol. The van der Waals surface area contributed by atoms with Crippen LogP contribution in [0.4, 0.5) is 0 Å². The summed E-state index contributed by atoms with van der Waals surface area (Å²) in [6, 6.07) is 0.715. The summed E-state index contributed by atoms with van der Waals surface area (Å²) >= 11 is 5.68. The van der Waals surface area contributed by atoms with Crippen molar-refractivity contribution in [1.29, 1.82) is 0 Å². The van der Waals surface area contributed by atoms with E-state index in [1.54, 1.807) is 0 Å². The third-order valence-electron chi connectivity index (χ3n) is 2.92. The summed E-state index contributed by atoms with van der Waals surface area (Å²) < 4.78 is 0. The molecule has 0 radical (unpaired) electrons. The van der Waals surface area contributed by atoms with Gasteiger partial charge in [-0.3, -0.25) is 4.90 Å². The van der Waals surface area contributed by atoms with E-state index >= 15 is 0 Å². The van der Waals surface area contributed by atoms with Crippen molar-refractivity contribution in [3.8, 4) is 0 Å². The van der Waals surface area contributed by atoms with E-state index in [1.165, 1.54) is 32.6 Å². The van der Waals surface area contributed by atoms with Crippen LogP contribution >= 0.6 is 11.6 Å². The molecule has 1 saturated heterocycles. The van der Waals surface area contributed by atoms with E-state index in [9.17, 15) is 0 Å². The molecule has 0 N–H and O–H groups in total. The lowest BCUT2D eigenvalue weighted by Gasteiger charge is -2.36. The fourth-order valence-corrected chi connectivity index (χ4v) is 1.97. The molecule has 1 heterocycles. The summed E-state index contributed by atoms with van der Waals surface area (Å²) in [6.07, 6.45) is 2.39. The van der Waals surface area contributed by atoms with Crippen LogP contribution in [0.1, 0.15) is 19.8 Å². The molecule has 1 aliphatic heterocycles. The van der Waals surface area contributed by atoms with Crippen molar-refractivity contribution in [1.82, 2.24) is 9.80 Å². The van der Waals surface area contributed by atoms with E-state index in [0.29, 0.717) is 6.04 Å². The van der Waals surface area contributed by atoms with Gasteiger partial charge in [0.05, 0.1) is 0 Å². The second-order valence-electron chi connectivity index (χ2n) is 4.02. The minimum absolute atomic E-state index is 0.715. The van der Waals surface area contributed by atoms with Crippen LogP contribution in [0.3, 0.4) is 0 Å².